The highest BCUT2D eigenvalue weighted by atomic mass is 32.1. The minimum atomic E-state index is -0.188. The van der Waals surface area contributed by atoms with Crippen LogP contribution in [0.1, 0.15) is 11.8 Å². The van der Waals surface area contributed by atoms with E-state index >= 15 is 0 Å². The highest BCUT2D eigenvalue weighted by Gasteiger charge is 2.08. The van der Waals surface area contributed by atoms with Gasteiger partial charge in [0, 0.05) is 20.3 Å². The van der Waals surface area contributed by atoms with Crippen LogP contribution in [-0.4, -0.2) is 19.0 Å². The summed E-state index contributed by atoms with van der Waals surface area (Å²) in [6.07, 6.45) is 1.93. The number of rotatable bonds is 3. The lowest BCUT2D eigenvalue weighted by Crippen LogP contribution is -2.02. The highest BCUT2D eigenvalue weighted by Crippen LogP contribution is 2.27. The van der Waals surface area contributed by atoms with Crippen LogP contribution < -0.4 is 0 Å². The van der Waals surface area contributed by atoms with Crippen molar-refractivity contribution in [3.63, 3.8) is 0 Å². The number of hydrogen-bond acceptors (Lipinski definition) is 2. The molecule has 0 aliphatic rings. The van der Waals surface area contributed by atoms with E-state index in [-0.39, 0.29) is 5.82 Å². The molecule has 0 atom stereocenters. The molecule has 0 spiro atoms. The molecule has 0 radical (unpaired) electrons. The molecule has 3 heteroatoms. The van der Waals surface area contributed by atoms with Crippen molar-refractivity contribution < 1.29 is 4.39 Å². The van der Waals surface area contributed by atoms with Crippen molar-refractivity contribution in [1.82, 2.24) is 4.90 Å². The maximum Gasteiger partial charge on any atom is 0.141 e. The van der Waals surface area contributed by atoms with Gasteiger partial charge in [-0.1, -0.05) is 6.58 Å². The van der Waals surface area contributed by atoms with Gasteiger partial charge in [-0.25, -0.2) is 4.39 Å². The number of nitrogens with zero attached hydrogens (tertiary/aromatic N) is 1. The first-order valence-corrected chi connectivity index (χ1v) is 5.18. The van der Waals surface area contributed by atoms with Gasteiger partial charge in [-0.2, -0.15) is 0 Å². The number of halogens is 1. The summed E-state index contributed by atoms with van der Waals surface area (Å²) in [7, 11) is 3.86. The van der Waals surface area contributed by atoms with Crippen molar-refractivity contribution in [3.05, 3.63) is 40.5 Å². The lowest BCUT2D eigenvalue weighted by molar-refractivity contribution is 0.560. The molecular formula is C11H14FNS. The van der Waals surface area contributed by atoms with Crippen LogP contribution >= 0.6 is 11.3 Å². The van der Waals surface area contributed by atoms with E-state index in [1.165, 1.54) is 17.4 Å². The Hall–Kier alpha value is -1.09. The van der Waals surface area contributed by atoms with Crippen LogP contribution in [0.3, 0.4) is 0 Å². The van der Waals surface area contributed by atoms with E-state index in [9.17, 15) is 4.39 Å². The number of hydrogen-bond donors (Lipinski definition) is 0. The fraction of sp³-hybridized carbons (Fsp3) is 0.273. The third-order valence-electron chi connectivity index (χ3n) is 1.82. The zero-order chi connectivity index (χ0) is 10.7. The molecule has 0 unspecified atom stereocenters. The normalized spacial score (nSPS) is 11.6. The Balaban J connectivity index is 2.92. The maximum atomic E-state index is 13.2. The third-order valence-corrected chi connectivity index (χ3v) is 2.77. The van der Waals surface area contributed by atoms with E-state index < -0.39 is 0 Å². The van der Waals surface area contributed by atoms with Gasteiger partial charge in [0.1, 0.15) is 5.82 Å². The van der Waals surface area contributed by atoms with Crippen LogP contribution in [0.15, 0.2) is 29.8 Å². The van der Waals surface area contributed by atoms with Crippen molar-refractivity contribution in [2.24, 2.45) is 0 Å². The van der Waals surface area contributed by atoms with Gasteiger partial charge in [0.15, 0.2) is 0 Å². The zero-order valence-corrected chi connectivity index (χ0v) is 9.49. The molecule has 14 heavy (non-hydrogen) atoms. The molecule has 0 aliphatic carbocycles. The van der Waals surface area contributed by atoms with Crippen molar-refractivity contribution in [3.8, 4) is 0 Å². The average Bonchev–Trinajstić information content (AvgIpc) is 2.48. The largest absolute Gasteiger partial charge is 0.383 e. The molecule has 76 valence electrons. The van der Waals surface area contributed by atoms with E-state index in [1.54, 1.807) is 5.38 Å². The molecule has 0 amide bonds. The second-order valence-corrected chi connectivity index (χ2v) is 4.27. The first kappa shape index (κ1) is 11.0. The van der Waals surface area contributed by atoms with Crippen LogP contribution in [0.25, 0.3) is 5.57 Å². The van der Waals surface area contributed by atoms with Crippen molar-refractivity contribution in [1.29, 1.82) is 0 Å². The molecule has 0 aromatic carbocycles. The molecule has 1 aromatic rings. The fourth-order valence-corrected chi connectivity index (χ4v) is 1.96. The number of thiophene rings is 1. The van der Waals surface area contributed by atoms with Gasteiger partial charge in [0.2, 0.25) is 0 Å². The van der Waals surface area contributed by atoms with Gasteiger partial charge in [-0.05, 0) is 29.5 Å². The number of allylic oxidation sites excluding steroid dienone is 2. The Morgan fingerprint density at radius 2 is 2.21 bits per heavy atom. The van der Waals surface area contributed by atoms with Gasteiger partial charge in [-0.3, -0.25) is 0 Å². The Morgan fingerprint density at radius 3 is 2.64 bits per heavy atom. The third kappa shape index (κ3) is 2.45. The van der Waals surface area contributed by atoms with Gasteiger partial charge >= 0.3 is 0 Å². The van der Waals surface area contributed by atoms with Gasteiger partial charge in [0.25, 0.3) is 0 Å². The summed E-state index contributed by atoms with van der Waals surface area (Å²) in [5.41, 5.74) is 1.74. The van der Waals surface area contributed by atoms with Crippen LogP contribution in [0.5, 0.6) is 0 Å². The Bertz CT molecular complexity index is 363. The summed E-state index contributed by atoms with van der Waals surface area (Å²) in [5.74, 6) is -0.188. The second kappa shape index (κ2) is 4.42. The maximum absolute atomic E-state index is 13.2. The minimum absolute atomic E-state index is 0.188. The van der Waals surface area contributed by atoms with Crippen LogP contribution in [0.2, 0.25) is 0 Å². The minimum Gasteiger partial charge on any atom is -0.383 e. The molecule has 0 N–H and O–H groups in total. The van der Waals surface area contributed by atoms with Crippen molar-refractivity contribution in [2.45, 2.75) is 6.92 Å². The van der Waals surface area contributed by atoms with Crippen LogP contribution in [-0.2, 0) is 0 Å². The summed E-state index contributed by atoms with van der Waals surface area (Å²) in [5, 5.41) is 1.73. The summed E-state index contributed by atoms with van der Waals surface area (Å²) in [4.78, 5) is 2.55. The lowest BCUT2D eigenvalue weighted by atomic mass is 10.1. The summed E-state index contributed by atoms with van der Waals surface area (Å²) in [6, 6.07) is 1.47. The molecule has 0 saturated heterocycles. The molecule has 1 aromatic heterocycles. The first-order chi connectivity index (χ1) is 6.52. The molecule has 0 fully saturated rings. The quantitative estimate of drug-likeness (QED) is 0.693. The predicted molar refractivity (Wildman–Crippen MR) is 60.8 cm³/mol. The molecule has 0 aliphatic heterocycles. The van der Waals surface area contributed by atoms with Gasteiger partial charge in [-0.15, -0.1) is 11.3 Å². The van der Waals surface area contributed by atoms with Crippen molar-refractivity contribution in [2.75, 3.05) is 14.1 Å². The van der Waals surface area contributed by atoms with E-state index in [0.29, 0.717) is 4.88 Å². The van der Waals surface area contributed by atoms with E-state index in [4.69, 9.17) is 0 Å². The molecule has 1 nitrogen and oxygen atoms in total. The topological polar surface area (TPSA) is 3.24 Å². The van der Waals surface area contributed by atoms with Crippen molar-refractivity contribution >= 4 is 16.9 Å². The monoisotopic (exact) mass is 211 g/mol. The van der Waals surface area contributed by atoms with E-state index in [0.717, 1.165) is 11.1 Å². The van der Waals surface area contributed by atoms with E-state index in [2.05, 4.69) is 6.58 Å². The summed E-state index contributed by atoms with van der Waals surface area (Å²) < 4.78 is 13.2. The summed E-state index contributed by atoms with van der Waals surface area (Å²) >= 11 is 1.38. The molecule has 0 bridgehead atoms. The fourth-order valence-electron chi connectivity index (χ4n) is 1.15. The van der Waals surface area contributed by atoms with E-state index in [1.807, 2.05) is 32.1 Å². The smallest absolute Gasteiger partial charge is 0.141 e. The zero-order valence-electron chi connectivity index (χ0n) is 8.67. The molecular weight excluding hydrogens is 197 g/mol. The first-order valence-electron chi connectivity index (χ1n) is 4.30. The second-order valence-electron chi connectivity index (χ2n) is 3.35. The SMILES string of the molecule is C=C(/C(C)=C\N(C)C)c1sccc1F. The Morgan fingerprint density at radius 1 is 1.57 bits per heavy atom. The molecule has 1 heterocycles. The Labute approximate surface area is 88.2 Å². The van der Waals surface area contributed by atoms with Crippen LogP contribution in [0.4, 0.5) is 4.39 Å². The molecule has 0 saturated carbocycles. The van der Waals surface area contributed by atoms with Gasteiger partial charge < -0.3 is 4.90 Å². The lowest BCUT2D eigenvalue weighted by Gasteiger charge is -2.09. The summed E-state index contributed by atoms with van der Waals surface area (Å²) in [6.45, 7) is 5.82. The predicted octanol–water partition coefficient (Wildman–Crippen LogP) is 3.37. The standard InChI is InChI=1S/C11H14FNS/c1-8(7-13(3)4)9(2)11-10(12)5-6-14-11/h5-7H,2H2,1,3-4H3/b8-7-. The average molecular weight is 211 g/mol. The molecule has 1 rings (SSSR count). The van der Waals surface area contributed by atoms with Gasteiger partial charge in [0.05, 0.1) is 4.88 Å². The van der Waals surface area contributed by atoms with Crippen LogP contribution in [0, 0.1) is 5.82 Å². The highest BCUT2D eigenvalue weighted by molar-refractivity contribution is 7.11. The Kier molecular flexibility index (Phi) is 3.47.